The molecule has 0 saturated heterocycles. The Labute approximate surface area is 140 Å². The van der Waals surface area contributed by atoms with Gasteiger partial charge in [0.1, 0.15) is 0 Å². The highest BCUT2D eigenvalue weighted by Gasteiger charge is 2.09. The van der Waals surface area contributed by atoms with Crippen molar-refractivity contribution in [1.82, 2.24) is 5.32 Å². The second-order valence-corrected chi connectivity index (χ2v) is 6.49. The van der Waals surface area contributed by atoms with E-state index < -0.39 is 0 Å². The lowest BCUT2D eigenvalue weighted by Crippen LogP contribution is -2.32. The zero-order chi connectivity index (χ0) is 16.1. The van der Waals surface area contributed by atoms with Gasteiger partial charge in [0.25, 0.3) is 0 Å². The number of nitrogens with one attached hydrogen (secondary N) is 2. The molecule has 0 aliphatic heterocycles. The predicted octanol–water partition coefficient (Wildman–Crippen LogP) is 4.36. The average molecular weight is 361 g/mol. The molecule has 0 fully saturated rings. The van der Waals surface area contributed by atoms with Gasteiger partial charge in [-0.1, -0.05) is 34.1 Å². The maximum absolute atomic E-state index is 12.1. The van der Waals surface area contributed by atoms with Gasteiger partial charge < -0.3 is 10.6 Å². The van der Waals surface area contributed by atoms with E-state index in [0.717, 1.165) is 15.7 Å². The number of carbonyl (C=O) groups is 1. The molecule has 1 atom stereocenters. The van der Waals surface area contributed by atoms with Crippen LogP contribution in [0.5, 0.6) is 0 Å². The third-order valence-electron chi connectivity index (χ3n) is 3.42. The molecular formula is C18H21BrN2O. The zero-order valence-electron chi connectivity index (χ0n) is 13.1. The largest absolute Gasteiger partial charge is 0.376 e. The Hall–Kier alpha value is -1.81. The maximum Gasteiger partial charge on any atom is 0.239 e. The fourth-order valence-corrected chi connectivity index (χ4v) is 2.65. The molecule has 0 saturated carbocycles. The molecular weight excluding hydrogens is 340 g/mol. The molecule has 0 aliphatic rings. The summed E-state index contributed by atoms with van der Waals surface area (Å²) in [6.07, 6.45) is 0. The lowest BCUT2D eigenvalue weighted by Gasteiger charge is -2.15. The Morgan fingerprint density at radius 2 is 1.68 bits per heavy atom. The molecule has 2 rings (SSSR count). The van der Waals surface area contributed by atoms with E-state index in [-0.39, 0.29) is 18.5 Å². The van der Waals surface area contributed by atoms with Crippen molar-refractivity contribution >= 4 is 27.5 Å². The summed E-state index contributed by atoms with van der Waals surface area (Å²) in [5.74, 6) is -0.0189. The van der Waals surface area contributed by atoms with Crippen molar-refractivity contribution in [3.05, 3.63) is 63.6 Å². The van der Waals surface area contributed by atoms with Gasteiger partial charge in [-0.2, -0.15) is 0 Å². The smallest absolute Gasteiger partial charge is 0.239 e. The fourth-order valence-electron chi connectivity index (χ4n) is 2.39. The van der Waals surface area contributed by atoms with Crippen LogP contribution in [0.25, 0.3) is 0 Å². The molecule has 22 heavy (non-hydrogen) atoms. The minimum Gasteiger partial charge on any atom is -0.376 e. The van der Waals surface area contributed by atoms with Crippen molar-refractivity contribution in [3.8, 4) is 0 Å². The normalized spacial score (nSPS) is 11.8. The summed E-state index contributed by atoms with van der Waals surface area (Å²) in [4.78, 5) is 12.1. The summed E-state index contributed by atoms with van der Waals surface area (Å²) >= 11 is 3.41. The van der Waals surface area contributed by atoms with Crippen LogP contribution in [0.3, 0.4) is 0 Å². The van der Waals surface area contributed by atoms with Crippen molar-refractivity contribution in [1.29, 1.82) is 0 Å². The maximum atomic E-state index is 12.1. The van der Waals surface area contributed by atoms with Crippen LogP contribution in [0.2, 0.25) is 0 Å². The summed E-state index contributed by atoms with van der Waals surface area (Å²) in [7, 11) is 0. The van der Waals surface area contributed by atoms with Gasteiger partial charge in [-0.15, -0.1) is 0 Å². The predicted molar refractivity (Wildman–Crippen MR) is 95.1 cm³/mol. The lowest BCUT2D eigenvalue weighted by atomic mass is 10.1. The Kier molecular flexibility index (Phi) is 5.61. The molecule has 0 bridgehead atoms. The molecule has 4 heteroatoms. The zero-order valence-corrected chi connectivity index (χ0v) is 14.7. The number of aryl methyl sites for hydroxylation is 2. The van der Waals surface area contributed by atoms with Gasteiger partial charge in [0.2, 0.25) is 5.91 Å². The second kappa shape index (κ2) is 7.45. The van der Waals surface area contributed by atoms with Gasteiger partial charge in [-0.05, 0) is 61.7 Å². The molecule has 1 unspecified atom stereocenters. The third-order valence-corrected chi connectivity index (χ3v) is 3.95. The van der Waals surface area contributed by atoms with Gasteiger partial charge in [-0.25, -0.2) is 0 Å². The number of anilines is 1. The molecule has 0 aliphatic carbocycles. The standard InChI is InChI=1S/C18H21BrN2O/c1-12-8-13(2)10-17(9-12)20-11-18(22)21-14(3)15-4-6-16(19)7-5-15/h4-10,14,20H,11H2,1-3H3,(H,21,22). The van der Waals surface area contributed by atoms with Crippen LogP contribution in [0.4, 0.5) is 5.69 Å². The first-order valence-corrected chi connectivity index (χ1v) is 8.10. The van der Waals surface area contributed by atoms with Crippen LogP contribution in [0.1, 0.15) is 29.7 Å². The number of benzene rings is 2. The van der Waals surface area contributed by atoms with Crippen LogP contribution in [0.15, 0.2) is 46.9 Å². The van der Waals surface area contributed by atoms with Gasteiger partial charge in [0, 0.05) is 10.2 Å². The van der Waals surface area contributed by atoms with E-state index in [2.05, 4.69) is 32.6 Å². The molecule has 116 valence electrons. The molecule has 2 aromatic carbocycles. The van der Waals surface area contributed by atoms with Crippen LogP contribution >= 0.6 is 15.9 Å². The first kappa shape index (κ1) is 16.6. The number of rotatable bonds is 5. The van der Waals surface area contributed by atoms with E-state index >= 15 is 0 Å². The summed E-state index contributed by atoms with van der Waals surface area (Å²) < 4.78 is 1.03. The number of amides is 1. The van der Waals surface area contributed by atoms with E-state index in [1.807, 2.05) is 57.2 Å². The third kappa shape index (κ3) is 4.88. The summed E-state index contributed by atoms with van der Waals surface area (Å²) in [6.45, 7) is 6.35. The Balaban J connectivity index is 1.88. The van der Waals surface area contributed by atoms with Crippen molar-refractivity contribution in [2.24, 2.45) is 0 Å². The average Bonchev–Trinajstić information content (AvgIpc) is 2.45. The number of hydrogen-bond acceptors (Lipinski definition) is 2. The molecule has 2 aromatic rings. The summed E-state index contributed by atoms with van der Waals surface area (Å²) in [6, 6.07) is 14.1. The highest BCUT2D eigenvalue weighted by molar-refractivity contribution is 9.10. The highest BCUT2D eigenvalue weighted by Crippen LogP contribution is 2.17. The van der Waals surface area contributed by atoms with Crippen molar-refractivity contribution in [3.63, 3.8) is 0 Å². The lowest BCUT2D eigenvalue weighted by molar-refractivity contribution is -0.120. The number of hydrogen-bond donors (Lipinski definition) is 2. The number of halogens is 1. The molecule has 2 N–H and O–H groups in total. The van der Waals surface area contributed by atoms with Crippen LogP contribution in [0, 0.1) is 13.8 Å². The van der Waals surface area contributed by atoms with Gasteiger partial charge >= 0.3 is 0 Å². The Morgan fingerprint density at radius 3 is 2.27 bits per heavy atom. The molecule has 1 amide bonds. The van der Waals surface area contributed by atoms with Crippen molar-refractivity contribution in [2.45, 2.75) is 26.8 Å². The van der Waals surface area contributed by atoms with E-state index in [1.54, 1.807) is 0 Å². The fraction of sp³-hybridized carbons (Fsp3) is 0.278. The van der Waals surface area contributed by atoms with Crippen LogP contribution in [-0.4, -0.2) is 12.5 Å². The first-order valence-electron chi connectivity index (χ1n) is 7.31. The van der Waals surface area contributed by atoms with Gasteiger partial charge in [-0.3, -0.25) is 4.79 Å². The highest BCUT2D eigenvalue weighted by atomic mass is 79.9. The van der Waals surface area contributed by atoms with E-state index in [1.165, 1.54) is 11.1 Å². The van der Waals surface area contributed by atoms with Crippen molar-refractivity contribution < 1.29 is 4.79 Å². The van der Waals surface area contributed by atoms with Gasteiger partial charge in [0.05, 0.1) is 12.6 Å². The molecule has 0 aromatic heterocycles. The molecule has 3 nitrogen and oxygen atoms in total. The van der Waals surface area contributed by atoms with E-state index in [4.69, 9.17) is 0 Å². The molecule has 0 radical (unpaired) electrons. The molecule has 0 spiro atoms. The Morgan fingerprint density at radius 1 is 1.09 bits per heavy atom. The molecule has 0 heterocycles. The van der Waals surface area contributed by atoms with Crippen LogP contribution < -0.4 is 10.6 Å². The van der Waals surface area contributed by atoms with E-state index in [0.29, 0.717) is 0 Å². The SMILES string of the molecule is Cc1cc(C)cc(NCC(=O)NC(C)c2ccc(Br)cc2)c1. The van der Waals surface area contributed by atoms with Crippen LogP contribution in [-0.2, 0) is 4.79 Å². The quantitative estimate of drug-likeness (QED) is 0.831. The van der Waals surface area contributed by atoms with Crippen molar-refractivity contribution in [2.75, 3.05) is 11.9 Å². The minimum atomic E-state index is -0.0189. The first-order chi connectivity index (χ1) is 10.4. The minimum absolute atomic E-state index is 0.0124. The van der Waals surface area contributed by atoms with Gasteiger partial charge in [0.15, 0.2) is 0 Å². The summed E-state index contributed by atoms with van der Waals surface area (Å²) in [5, 5.41) is 6.17. The monoisotopic (exact) mass is 360 g/mol. The number of carbonyl (C=O) groups excluding carboxylic acids is 1. The Bertz CT molecular complexity index is 632. The van der Waals surface area contributed by atoms with E-state index in [9.17, 15) is 4.79 Å². The second-order valence-electron chi connectivity index (χ2n) is 5.57. The summed E-state index contributed by atoms with van der Waals surface area (Å²) in [5.41, 5.74) is 4.43. The topological polar surface area (TPSA) is 41.1 Å².